The molecule has 82 valence electrons. The van der Waals surface area contributed by atoms with E-state index in [2.05, 4.69) is 22.9 Å². The Hall–Kier alpha value is 0.110. The first kappa shape index (κ1) is 12.2. The number of hydrogen-bond donors (Lipinski definition) is 0. The number of rotatable bonds is 8. The molecule has 2 unspecified atom stereocenters. The normalized spacial score (nSPS) is 25.0. The van der Waals surface area contributed by atoms with Gasteiger partial charge < -0.3 is 4.74 Å². The summed E-state index contributed by atoms with van der Waals surface area (Å²) in [7, 11) is 0. The predicted molar refractivity (Wildman–Crippen MR) is 60.7 cm³/mol. The molecule has 1 aliphatic carbocycles. The van der Waals surface area contributed by atoms with Gasteiger partial charge in [-0.05, 0) is 31.1 Å². The topological polar surface area (TPSA) is 26.3 Å². The van der Waals surface area contributed by atoms with Crippen LogP contribution >= 0.6 is 15.9 Å². The maximum Gasteiger partial charge on any atom is 0.143 e. The van der Waals surface area contributed by atoms with Gasteiger partial charge in [0.15, 0.2) is 0 Å². The zero-order valence-electron chi connectivity index (χ0n) is 8.80. The molecule has 3 heteroatoms. The van der Waals surface area contributed by atoms with Crippen molar-refractivity contribution in [1.82, 2.24) is 0 Å². The van der Waals surface area contributed by atoms with E-state index in [1.165, 1.54) is 6.42 Å². The van der Waals surface area contributed by atoms with Crippen molar-refractivity contribution < 1.29 is 9.53 Å². The van der Waals surface area contributed by atoms with Crippen LogP contribution in [0.5, 0.6) is 0 Å². The quantitative estimate of drug-likeness (QED) is 0.497. The molecule has 0 N–H and O–H groups in total. The molecule has 0 aromatic heterocycles. The Kier molecular flexibility index (Phi) is 5.71. The molecular formula is C11H19BrO2. The molecule has 0 heterocycles. The lowest BCUT2D eigenvalue weighted by Crippen LogP contribution is -2.02. The summed E-state index contributed by atoms with van der Waals surface area (Å²) in [4.78, 5) is 10.9. The molecule has 2 nitrogen and oxygen atoms in total. The molecule has 0 saturated heterocycles. The van der Waals surface area contributed by atoms with Crippen molar-refractivity contribution in [2.24, 2.45) is 11.8 Å². The summed E-state index contributed by atoms with van der Waals surface area (Å²) in [6.07, 6.45) is 4.00. The molecule has 1 fully saturated rings. The van der Waals surface area contributed by atoms with Gasteiger partial charge >= 0.3 is 0 Å². The van der Waals surface area contributed by atoms with E-state index in [4.69, 9.17) is 4.74 Å². The van der Waals surface area contributed by atoms with Crippen molar-refractivity contribution in [3.05, 3.63) is 0 Å². The highest BCUT2D eigenvalue weighted by molar-refractivity contribution is 9.09. The van der Waals surface area contributed by atoms with Crippen molar-refractivity contribution in [1.29, 1.82) is 0 Å². The monoisotopic (exact) mass is 262 g/mol. The summed E-state index contributed by atoms with van der Waals surface area (Å²) >= 11 is 3.15. The third kappa shape index (κ3) is 5.11. The molecule has 0 spiro atoms. The first-order valence-corrected chi connectivity index (χ1v) is 6.51. The average molecular weight is 263 g/mol. The fourth-order valence-electron chi connectivity index (χ4n) is 1.46. The summed E-state index contributed by atoms with van der Waals surface area (Å²) < 4.78 is 5.52. The lowest BCUT2D eigenvalue weighted by Gasteiger charge is -2.02. The molecule has 0 aromatic rings. The van der Waals surface area contributed by atoms with E-state index in [9.17, 15) is 4.79 Å². The Balaban J connectivity index is 1.78. The van der Waals surface area contributed by atoms with Gasteiger partial charge in [-0.1, -0.05) is 22.9 Å². The van der Waals surface area contributed by atoms with Gasteiger partial charge in [0.2, 0.25) is 0 Å². The van der Waals surface area contributed by atoms with E-state index in [0.29, 0.717) is 17.5 Å². The Morgan fingerprint density at radius 3 is 2.79 bits per heavy atom. The number of carbonyl (C=O) groups excluding carboxylic acids is 1. The van der Waals surface area contributed by atoms with Crippen LogP contribution in [0.2, 0.25) is 0 Å². The number of alkyl halides is 1. The van der Waals surface area contributed by atoms with E-state index >= 15 is 0 Å². The van der Waals surface area contributed by atoms with Crippen LogP contribution in [-0.4, -0.2) is 24.3 Å². The fourth-order valence-corrected chi connectivity index (χ4v) is 1.74. The van der Waals surface area contributed by atoms with Crippen LogP contribution in [0.25, 0.3) is 0 Å². The highest BCUT2D eigenvalue weighted by atomic mass is 79.9. The van der Waals surface area contributed by atoms with Gasteiger partial charge in [0, 0.05) is 19.6 Å². The van der Waals surface area contributed by atoms with Gasteiger partial charge in [-0.2, -0.15) is 0 Å². The second-order valence-electron chi connectivity index (χ2n) is 4.18. The molecule has 1 saturated carbocycles. The molecule has 14 heavy (non-hydrogen) atoms. The van der Waals surface area contributed by atoms with Crippen LogP contribution in [0.15, 0.2) is 0 Å². The second kappa shape index (κ2) is 6.57. The minimum absolute atomic E-state index is 0.292. The van der Waals surface area contributed by atoms with Gasteiger partial charge in [-0.25, -0.2) is 0 Å². The maximum absolute atomic E-state index is 10.9. The summed E-state index contributed by atoms with van der Waals surface area (Å²) in [5.41, 5.74) is 0. The number of Topliss-reactive ketones (excluding diaryl/α,β-unsaturated/α-hetero) is 1. The summed E-state index contributed by atoms with van der Waals surface area (Å²) in [5.74, 6) is 1.99. The lowest BCUT2D eigenvalue weighted by atomic mass is 10.2. The predicted octanol–water partition coefficient (Wildman–Crippen LogP) is 2.79. The zero-order chi connectivity index (χ0) is 10.4. The summed E-state index contributed by atoms with van der Waals surface area (Å²) in [6, 6.07) is 0. The van der Waals surface area contributed by atoms with Crippen molar-refractivity contribution in [2.45, 2.75) is 32.6 Å². The highest BCUT2D eigenvalue weighted by Gasteiger charge is 2.32. The largest absolute Gasteiger partial charge is 0.381 e. The molecule has 1 aliphatic rings. The molecule has 0 bridgehead atoms. The molecule has 0 radical (unpaired) electrons. The van der Waals surface area contributed by atoms with E-state index in [1.54, 1.807) is 0 Å². The zero-order valence-corrected chi connectivity index (χ0v) is 10.4. The third-order valence-corrected chi connectivity index (χ3v) is 3.38. The van der Waals surface area contributed by atoms with Crippen LogP contribution in [0.1, 0.15) is 32.6 Å². The average Bonchev–Trinajstić information content (AvgIpc) is 2.87. The molecular weight excluding hydrogens is 244 g/mol. The SMILES string of the molecule is CC1CC1COCCCCC(=O)CBr. The van der Waals surface area contributed by atoms with E-state index in [0.717, 1.165) is 37.9 Å². The summed E-state index contributed by atoms with van der Waals surface area (Å²) in [6.45, 7) is 4.01. The van der Waals surface area contributed by atoms with Crippen molar-refractivity contribution in [3.8, 4) is 0 Å². The van der Waals surface area contributed by atoms with E-state index in [1.807, 2.05) is 0 Å². The number of unbranched alkanes of at least 4 members (excludes halogenated alkanes) is 1. The Bertz CT molecular complexity index is 182. The molecule has 0 aliphatic heterocycles. The van der Waals surface area contributed by atoms with Gasteiger partial charge in [0.05, 0.1) is 5.33 Å². The minimum atomic E-state index is 0.292. The van der Waals surface area contributed by atoms with Crippen molar-refractivity contribution in [2.75, 3.05) is 18.5 Å². The number of ether oxygens (including phenoxy) is 1. The molecule has 0 aromatic carbocycles. The van der Waals surface area contributed by atoms with Gasteiger partial charge in [0.1, 0.15) is 5.78 Å². The smallest absolute Gasteiger partial charge is 0.143 e. The van der Waals surface area contributed by atoms with Crippen LogP contribution in [0, 0.1) is 11.8 Å². The number of ketones is 1. The third-order valence-electron chi connectivity index (χ3n) is 2.75. The number of carbonyl (C=O) groups is 1. The highest BCUT2D eigenvalue weighted by Crippen LogP contribution is 2.37. The second-order valence-corrected chi connectivity index (χ2v) is 4.74. The Labute approximate surface area is 94.5 Å². The van der Waals surface area contributed by atoms with E-state index in [-0.39, 0.29) is 0 Å². The standard InChI is InChI=1S/C11H19BrO2/c1-9-6-10(9)8-14-5-3-2-4-11(13)7-12/h9-10H,2-8H2,1H3. The van der Waals surface area contributed by atoms with Crippen molar-refractivity contribution in [3.63, 3.8) is 0 Å². The molecule has 1 rings (SSSR count). The van der Waals surface area contributed by atoms with Gasteiger partial charge in [0.25, 0.3) is 0 Å². The van der Waals surface area contributed by atoms with Gasteiger partial charge in [-0.3, -0.25) is 4.79 Å². The van der Waals surface area contributed by atoms with Crippen LogP contribution < -0.4 is 0 Å². The first-order chi connectivity index (χ1) is 6.74. The molecule has 2 atom stereocenters. The first-order valence-electron chi connectivity index (χ1n) is 5.39. The fraction of sp³-hybridized carbons (Fsp3) is 0.909. The number of halogens is 1. The van der Waals surface area contributed by atoms with Gasteiger partial charge in [-0.15, -0.1) is 0 Å². The minimum Gasteiger partial charge on any atom is -0.381 e. The number of hydrogen-bond acceptors (Lipinski definition) is 2. The van der Waals surface area contributed by atoms with Crippen LogP contribution in [0.3, 0.4) is 0 Å². The Morgan fingerprint density at radius 2 is 2.21 bits per heavy atom. The van der Waals surface area contributed by atoms with Crippen molar-refractivity contribution >= 4 is 21.7 Å². The van der Waals surface area contributed by atoms with E-state index < -0.39 is 0 Å². The van der Waals surface area contributed by atoms with Crippen LogP contribution in [0.4, 0.5) is 0 Å². The molecule has 0 amide bonds. The van der Waals surface area contributed by atoms with Crippen LogP contribution in [-0.2, 0) is 9.53 Å². The Morgan fingerprint density at radius 1 is 1.50 bits per heavy atom. The maximum atomic E-state index is 10.9. The lowest BCUT2D eigenvalue weighted by molar-refractivity contribution is -0.116. The summed E-state index contributed by atoms with van der Waals surface area (Å²) in [5, 5.41) is 0.493.